The lowest BCUT2D eigenvalue weighted by molar-refractivity contribution is 0.0950. The zero-order valence-corrected chi connectivity index (χ0v) is 10.1. The van der Waals surface area contributed by atoms with Crippen molar-refractivity contribution in [2.24, 2.45) is 0 Å². The van der Waals surface area contributed by atoms with E-state index >= 15 is 0 Å². The van der Waals surface area contributed by atoms with Gasteiger partial charge in [-0.2, -0.15) is 0 Å². The van der Waals surface area contributed by atoms with E-state index in [1.807, 2.05) is 0 Å². The average Bonchev–Trinajstić information content (AvgIpc) is 2.32. The minimum absolute atomic E-state index is 0.0736. The molecule has 0 saturated carbocycles. The predicted molar refractivity (Wildman–Crippen MR) is 68.1 cm³/mol. The van der Waals surface area contributed by atoms with E-state index in [0.717, 1.165) is 12.8 Å². The number of aromatic hydroxyl groups is 1. The topological polar surface area (TPSA) is 49.3 Å². The van der Waals surface area contributed by atoms with Crippen molar-refractivity contribution in [3.63, 3.8) is 0 Å². The molecule has 0 fully saturated rings. The second-order valence-electron chi connectivity index (χ2n) is 3.58. The third kappa shape index (κ3) is 4.38. The molecule has 0 atom stereocenters. The molecule has 1 rings (SSSR count). The first kappa shape index (κ1) is 13.4. The molecule has 0 saturated heterocycles. The van der Waals surface area contributed by atoms with E-state index in [0.29, 0.717) is 18.0 Å². The Kier molecular flexibility index (Phi) is 5.38. The van der Waals surface area contributed by atoms with Crippen LogP contribution in [0, 0.1) is 12.3 Å². The fourth-order valence-corrected chi connectivity index (χ4v) is 1.51. The van der Waals surface area contributed by atoms with Gasteiger partial charge in [0.2, 0.25) is 0 Å². The number of terminal acetylenes is 1. The Morgan fingerprint density at radius 1 is 1.47 bits per heavy atom. The van der Waals surface area contributed by atoms with Crippen LogP contribution in [-0.2, 0) is 0 Å². The number of unbranched alkanes of at least 4 members (excludes halogenated alkanes) is 2. The van der Waals surface area contributed by atoms with Gasteiger partial charge >= 0.3 is 0 Å². The van der Waals surface area contributed by atoms with E-state index in [9.17, 15) is 9.90 Å². The molecule has 0 heterocycles. The Bertz CT molecular complexity index is 438. The van der Waals surface area contributed by atoms with Gasteiger partial charge in [-0.25, -0.2) is 0 Å². The molecule has 4 heteroatoms. The fraction of sp³-hybridized carbons (Fsp3) is 0.308. The molecule has 90 valence electrons. The smallest absolute Gasteiger partial charge is 0.255 e. The summed E-state index contributed by atoms with van der Waals surface area (Å²) < 4.78 is 0. The molecule has 0 aliphatic rings. The van der Waals surface area contributed by atoms with Gasteiger partial charge in [0.25, 0.3) is 5.91 Å². The Hall–Kier alpha value is -1.66. The van der Waals surface area contributed by atoms with Crippen LogP contribution in [0.25, 0.3) is 0 Å². The van der Waals surface area contributed by atoms with Crippen LogP contribution in [-0.4, -0.2) is 17.6 Å². The van der Waals surface area contributed by atoms with Crippen LogP contribution in [0.4, 0.5) is 0 Å². The average molecular weight is 252 g/mol. The van der Waals surface area contributed by atoms with E-state index in [2.05, 4.69) is 11.2 Å². The maximum Gasteiger partial charge on any atom is 0.255 e. The van der Waals surface area contributed by atoms with Gasteiger partial charge in [-0.1, -0.05) is 11.6 Å². The first-order chi connectivity index (χ1) is 8.15. The van der Waals surface area contributed by atoms with E-state index < -0.39 is 0 Å². The Labute approximate surface area is 106 Å². The highest BCUT2D eigenvalue weighted by Gasteiger charge is 2.10. The van der Waals surface area contributed by atoms with Crippen molar-refractivity contribution in [1.29, 1.82) is 0 Å². The monoisotopic (exact) mass is 251 g/mol. The summed E-state index contributed by atoms with van der Waals surface area (Å²) in [4.78, 5) is 11.7. The fourth-order valence-electron chi connectivity index (χ4n) is 1.34. The standard InChI is InChI=1S/C13H14ClNO2/c1-2-3-4-5-8-15-13(17)11-9-10(14)6-7-12(11)16/h1,6-7,9,16H,3-5,8H2,(H,15,17). The number of rotatable bonds is 5. The molecule has 0 radical (unpaired) electrons. The highest BCUT2D eigenvalue weighted by atomic mass is 35.5. The summed E-state index contributed by atoms with van der Waals surface area (Å²) in [7, 11) is 0. The molecular formula is C13H14ClNO2. The van der Waals surface area contributed by atoms with Gasteiger partial charge in [0.1, 0.15) is 5.75 Å². The zero-order chi connectivity index (χ0) is 12.7. The Balaban J connectivity index is 2.47. The van der Waals surface area contributed by atoms with Crippen molar-refractivity contribution in [1.82, 2.24) is 5.32 Å². The van der Waals surface area contributed by atoms with Crippen molar-refractivity contribution >= 4 is 17.5 Å². The third-order valence-corrected chi connectivity index (χ3v) is 2.47. The summed E-state index contributed by atoms with van der Waals surface area (Å²) in [6.07, 6.45) is 7.51. The van der Waals surface area contributed by atoms with Crippen molar-refractivity contribution < 1.29 is 9.90 Å². The predicted octanol–water partition coefficient (Wildman–Crippen LogP) is 2.58. The van der Waals surface area contributed by atoms with Gasteiger partial charge in [0.05, 0.1) is 5.56 Å². The van der Waals surface area contributed by atoms with Crippen molar-refractivity contribution in [2.75, 3.05) is 6.54 Å². The number of carbonyl (C=O) groups excluding carboxylic acids is 1. The lowest BCUT2D eigenvalue weighted by Crippen LogP contribution is -2.24. The lowest BCUT2D eigenvalue weighted by atomic mass is 10.2. The SMILES string of the molecule is C#CCCCCNC(=O)c1cc(Cl)ccc1O. The maximum absolute atomic E-state index is 11.7. The number of phenolic OH excluding ortho intramolecular Hbond substituents is 1. The molecule has 0 aliphatic carbocycles. The van der Waals surface area contributed by atoms with Crippen LogP contribution in [0.3, 0.4) is 0 Å². The maximum atomic E-state index is 11.7. The molecule has 3 nitrogen and oxygen atoms in total. The molecule has 1 aromatic carbocycles. The summed E-state index contributed by atoms with van der Waals surface area (Å²) >= 11 is 5.75. The normalized spacial score (nSPS) is 9.65. The first-order valence-electron chi connectivity index (χ1n) is 5.35. The van der Waals surface area contributed by atoms with Gasteiger partial charge in [-0.05, 0) is 31.0 Å². The van der Waals surface area contributed by atoms with Crippen molar-refractivity contribution in [3.8, 4) is 18.1 Å². The second kappa shape index (κ2) is 6.82. The van der Waals surface area contributed by atoms with Crippen molar-refractivity contribution in [2.45, 2.75) is 19.3 Å². The Morgan fingerprint density at radius 3 is 2.94 bits per heavy atom. The van der Waals surface area contributed by atoms with Gasteiger partial charge < -0.3 is 10.4 Å². The van der Waals surface area contributed by atoms with Gasteiger partial charge in [-0.3, -0.25) is 4.79 Å². The summed E-state index contributed by atoms with van der Waals surface area (Å²) in [5.74, 6) is 2.13. The molecule has 2 N–H and O–H groups in total. The molecule has 0 aliphatic heterocycles. The largest absolute Gasteiger partial charge is 0.507 e. The molecule has 1 aromatic rings. The number of phenols is 1. The number of carbonyl (C=O) groups is 1. The number of benzene rings is 1. The van der Waals surface area contributed by atoms with Gasteiger partial charge in [0, 0.05) is 18.0 Å². The number of nitrogens with one attached hydrogen (secondary N) is 1. The highest BCUT2D eigenvalue weighted by molar-refractivity contribution is 6.31. The first-order valence-corrected chi connectivity index (χ1v) is 5.73. The quantitative estimate of drug-likeness (QED) is 0.624. The number of halogens is 1. The van der Waals surface area contributed by atoms with Crippen LogP contribution in [0.15, 0.2) is 18.2 Å². The van der Waals surface area contributed by atoms with Crippen molar-refractivity contribution in [3.05, 3.63) is 28.8 Å². The Morgan fingerprint density at radius 2 is 2.24 bits per heavy atom. The molecule has 0 bridgehead atoms. The minimum atomic E-state index is -0.328. The van der Waals surface area contributed by atoms with Crippen LogP contribution < -0.4 is 5.32 Å². The number of hydrogen-bond donors (Lipinski definition) is 2. The van der Waals surface area contributed by atoms with Crippen LogP contribution >= 0.6 is 11.6 Å². The van der Waals surface area contributed by atoms with Gasteiger partial charge in [-0.15, -0.1) is 12.3 Å². The van der Waals surface area contributed by atoms with Crippen LogP contribution in [0.1, 0.15) is 29.6 Å². The number of amides is 1. The van der Waals surface area contributed by atoms with Gasteiger partial charge in [0.15, 0.2) is 0 Å². The third-order valence-electron chi connectivity index (χ3n) is 2.24. The van der Waals surface area contributed by atoms with Crippen LogP contribution in [0.5, 0.6) is 5.75 Å². The summed E-state index contributed by atoms with van der Waals surface area (Å²) in [5.41, 5.74) is 0.189. The summed E-state index contributed by atoms with van der Waals surface area (Å²) in [6.45, 7) is 0.534. The zero-order valence-electron chi connectivity index (χ0n) is 9.37. The minimum Gasteiger partial charge on any atom is -0.507 e. The highest BCUT2D eigenvalue weighted by Crippen LogP contribution is 2.21. The molecular weight excluding hydrogens is 238 g/mol. The second-order valence-corrected chi connectivity index (χ2v) is 4.02. The van der Waals surface area contributed by atoms with E-state index in [1.54, 1.807) is 0 Å². The molecule has 1 amide bonds. The van der Waals surface area contributed by atoms with Crippen LogP contribution in [0.2, 0.25) is 5.02 Å². The van der Waals surface area contributed by atoms with E-state index in [4.69, 9.17) is 18.0 Å². The summed E-state index contributed by atoms with van der Waals surface area (Å²) in [6, 6.07) is 4.36. The molecule has 0 spiro atoms. The number of hydrogen-bond acceptors (Lipinski definition) is 2. The molecule has 0 unspecified atom stereocenters. The lowest BCUT2D eigenvalue weighted by Gasteiger charge is -2.06. The van der Waals surface area contributed by atoms with E-state index in [-0.39, 0.29) is 17.2 Å². The van der Waals surface area contributed by atoms with E-state index in [1.165, 1.54) is 18.2 Å². The molecule has 17 heavy (non-hydrogen) atoms. The summed E-state index contributed by atoms with van der Waals surface area (Å²) in [5, 5.41) is 12.6. The molecule has 0 aromatic heterocycles.